The summed E-state index contributed by atoms with van der Waals surface area (Å²) >= 11 is 0. The van der Waals surface area contributed by atoms with E-state index < -0.39 is 11.5 Å². The molecular formula is C14H28N2O3. The Morgan fingerprint density at radius 3 is 2.11 bits per heavy atom. The number of hydrogen-bond donors (Lipinski definition) is 2. The number of carbonyl (C=O) groups is 2. The van der Waals surface area contributed by atoms with E-state index in [0.717, 1.165) is 6.42 Å². The van der Waals surface area contributed by atoms with E-state index in [1.165, 1.54) is 0 Å². The molecule has 2 amide bonds. The quantitative estimate of drug-likeness (QED) is 0.781. The zero-order valence-corrected chi connectivity index (χ0v) is 13.0. The van der Waals surface area contributed by atoms with Crippen molar-refractivity contribution < 1.29 is 14.7 Å². The lowest BCUT2D eigenvalue weighted by molar-refractivity contribution is -0.137. The fraction of sp³-hybridized carbons (Fsp3) is 0.857. The number of hydrogen-bond acceptors (Lipinski definition) is 2. The SMILES string of the molecule is CCC(NC(=O)N(CCC(=O)O)C(C)(C)C)C(C)C. The molecule has 0 spiro atoms. The van der Waals surface area contributed by atoms with Crippen LogP contribution in [0.25, 0.3) is 0 Å². The first-order valence-electron chi connectivity index (χ1n) is 6.89. The fourth-order valence-corrected chi connectivity index (χ4v) is 1.93. The first kappa shape index (κ1) is 17.7. The lowest BCUT2D eigenvalue weighted by atomic mass is 10.0. The predicted octanol–water partition coefficient (Wildman–Crippen LogP) is 2.71. The van der Waals surface area contributed by atoms with E-state index in [9.17, 15) is 9.59 Å². The van der Waals surface area contributed by atoms with Gasteiger partial charge >= 0.3 is 12.0 Å². The van der Waals surface area contributed by atoms with Crippen molar-refractivity contribution in [1.29, 1.82) is 0 Å². The van der Waals surface area contributed by atoms with Gasteiger partial charge in [-0.25, -0.2) is 4.79 Å². The highest BCUT2D eigenvalue weighted by Crippen LogP contribution is 2.15. The largest absolute Gasteiger partial charge is 0.481 e. The molecule has 0 aliphatic rings. The summed E-state index contributed by atoms with van der Waals surface area (Å²) in [6.45, 7) is 12.1. The zero-order valence-electron chi connectivity index (χ0n) is 13.0. The van der Waals surface area contributed by atoms with Gasteiger partial charge in [0.1, 0.15) is 0 Å². The molecule has 1 unspecified atom stereocenters. The summed E-state index contributed by atoms with van der Waals surface area (Å²) in [5.41, 5.74) is -0.394. The maximum absolute atomic E-state index is 12.3. The molecular weight excluding hydrogens is 244 g/mol. The van der Waals surface area contributed by atoms with E-state index in [1.54, 1.807) is 4.90 Å². The van der Waals surface area contributed by atoms with Crippen LogP contribution in [0.5, 0.6) is 0 Å². The molecule has 0 aromatic rings. The van der Waals surface area contributed by atoms with Crippen LogP contribution < -0.4 is 5.32 Å². The van der Waals surface area contributed by atoms with Crippen molar-refractivity contribution in [1.82, 2.24) is 10.2 Å². The Hall–Kier alpha value is -1.26. The third-order valence-electron chi connectivity index (χ3n) is 3.16. The molecule has 0 aliphatic heterocycles. The number of amides is 2. The van der Waals surface area contributed by atoms with Crippen molar-refractivity contribution in [3.63, 3.8) is 0 Å². The highest BCUT2D eigenvalue weighted by molar-refractivity contribution is 5.76. The first-order valence-corrected chi connectivity index (χ1v) is 6.89. The average molecular weight is 272 g/mol. The molecule has 5 nitrogen and oxygen atoms in total. The Labute approximate surface area is 116 Å². The number of carboxylic acid groups (broad SMARTS) is 1. The van der Waals surface area contributed by atoms with Crippen molar-refractivity contribution in [3.05, 3.63) is 0 Å². The van der Waals surface area contributed by atoms with Gasteiger partial charge in [0, 0.05) is 18.1 Å². The zero-order chi connectivity index (χ0) is 15.2. The second-order valence-electron chi connectivity index (χ2n) is 6.17. The van der Waals surface area contributed by atoms with Gasteiger partial charge in [-0.3, -0.25) is 4.79 Å². The molecule has 5 heteroatoms. The van der Waals surface area contributed by atoms with Gasteiger partial charge in [0.2, 0.25) is 0 Å². The standard InChI is InChI=1S/C14H28N2O3/c1-7-11(10(2)3)15-13(19)16(14(4,5)6)9-8-12(17)18/h10-11H,7-9H2,1-6H3,(H,15,19)(H,17,18). The summed E-state index contributed by atoms with van der Waals surface area (Å²) in [5, 5.41) is 11.8. The summed E-state index contributed by atoms with van der Waals surface area (Å²) in [5.74, 6) is -0.534. The monoisotopic (exact) mass is 272 g/mol. The van der Waals surface area contributed by atoms with E-state index in [-0.39, 0.29) is 25.0 Å². The van der Waals surface area contributed by atoms with Gasteiger partial charge in [0.15, 0.2) is 0 Å². The Morgan fingerprint density at radius 2 is 1.79 bits per heavy atom. The van der Waals surface area contributed by atoms with Crippen LogP contribution in [-0.4, -0.2) is 40.1 Å². The first-order chi connectivity index (χ1) is 8.59. The average Bonchev–Trinajstić information content (AvgIpc) is 2.23. The van der Waals surface area contributed by atoms with E-state index in [1.807, 2.05) is 27.7 Å². The van der Waals surface area contributed by atoms with Gasteiger partial charge in [-0.05, 0) is 33.1 Å². The molecule has 0 aromatic carbocycles. The van der Waals surface area contributed by atoms with E-state index in [4.69, 9.17) is 5.11 Å². The molecule has 0 aliphatic carbocycles. The number of aliphatic carboxylic acids is 1. The van der Waals surface area contributed by atoms with Crippen molar-refractivity contribution in [2.75, 3.05) is 6.54 Å². The maximum Gasteiger partial charge on any atom is 0.318 e. The van der Waals surface area contributed by atoms with Crippen LogP contribution in [0, 0.1) is 5.92 Å². The van der Waals surface area contributed by atoms with Gasteiger partial charge in [-0.1, -0.05) is 20.8 Å². The van der Waals surface area contributed by atoms with Crippen molar-refractivity contribution in [2.24, 2.45) is 5.92 Å². The lowest BCUT2D eigenvalue weighted by Gasteiger charge is -2.37. The summed E-state index contributed by atoms with van der Waals surface area (Å²) < 4.78 is 0. The van der Waals surface area contributed by atoms with Gasteiger partial charge in [-0.15, -0.1) is 0 Å². The minimum atomic E-state index is -0.891. The van der Waals surface area contributed by atoms with Crippen molar-refractivity contribution in [3.8, 4) is 0 Å². The third kappa shape index (κ3) is 6.45. The third-order valence-corrected chi connectivity index (χ3v) is 3.16. The van der Waals surface area contributed by atoms with E-state index in [0.29, 0.717) is 5.92 Å². The van der Waals surface area contributed by atoms with Gasteiger partial charge in [-0.2, -0.15) is 0 Å². The van der Waals surface area contributed by atoms with Crippen molar-refractivity contribution in [2.45, 2.75) is 66.0 Å². The fourth-order valence-electron chi connectivity index (χ4n) is 1.93. The maximum atomic E-state index is 12.3. The number of nitrogens with zero attached hydrogens (tertiary/aromatic N) is 1. The lowest BCUT2D eigenvalue weighted by Crippen LogP contribution is -2.54. The van der Waals surface area contributed by atoms with Crippen LogP contribution in [-0.2, 0) is 4.79 Å². The Balaban J connectivity index is 4.76. The Bertz CT molecular complexity index is 308. The smallest absolute Gasteiger partial charge is 0.318 e. The van der Waals surface area contributed by atoms with Crippen LogP contribution in [0.2, 0.25) is 0 Å². The normalized spacial score (nSPS) is 13.2. The highest BCUT2D eigenvalue weighted by atomic mass is 16.4. The number of carboxylic acids is 1. The molecule has 0 saturated carbocycles. The molecule has 112 valence electrons. The second kappa shape index (κ2) is 7.36. The van der Waals surface area contributed by atoms with Crippen LogP contribution >= 0.6 is 0 Å². The number of urea groups is 1. The van der Waals surface area contributed by atoms with Gasteiger partial charge in [0.25, 0.3) is 0 Å². The molecule has 2 N–H and O–H groups in total. The van der Waals surface area contributed by atoms with E-state index in [2.05, 4.69) is 19.2 Å². The van der Waals surface area contributed by atoms with Crippen LogP contribution in [0.4, 0.5) is 4.79 Å². The Kier molecular flexibility index (Phi) is 6.87. The Morgan fingerprint density at radius 1 is 1.26 bits per heavy atom. The minimum absolute atomic E-state index is 0.0385. The molecule has 0 aromatic heterocycles. The van der Waals surface area contributed by atoms with E-state index >= 15 is 0 Å². The summed E-state index contributed by atoms with van der Waals surface area (Å²) in [4.78, 5) is 24.6. The van der Waals surface area contributed by atoms with Crippen LogP contribution in [0.15, 0.2) is 0 Å². The van der Waals surface area contributed by atoms with Crippen LogP contribution in [0.1, 0.15) is 54.4 Å². The second-order valence-corrected chi connectivity index (χ2v) is 6.17. The number of nitrogens with one attached hydrogen (secondary N) is 1. The van der Waals surface area contributed by atoms with Crippen molar-refractivity contribution >= 4 is 12.0 Å². The molecule has 0 radical (unpaired) electrons. The minimum Gasteiger partial charge on any atom is -0.481 e. The van der Waals surface area contributed by atoms with Gasteiger partial charge < -0.3 is 15.3 Å². The molecule has 0 fully saturated rings. The molecule has 0 bridgehead atoms. The summed E-state index contributed by atoms with van der Waals surface area (Å²) in [6.07, 6.45) is 0.823. The molecule has 0 saturated heterocycles. The molecule has 0 rings (SSSR count). The van der Waals surface area contributed by atoms with Crippen LogP contribution in [0.3, 0.4) is 0 Å². The summed E-state index contributed by atoms with van der Waals surface area (Å²) in [7, 11) is 0. The topological polar surface area (TPSA) is 69.6 Å². The highest BCUT2D eigenvalue weighted by Gasteiger charge is 2.28. The van der Waals surface area contributed by atoms with Gasteiger partial charge in [0.05, 0.1) is 6.42 Å². The summed E-state index contributed by atoms with van der Waals surface area (Å²) in [6, 6.07) is -0.0727. The number of carbonyl (C=O) groups excluding carboxylic acids is 1. The predicted molar refractivity (Wildman–Crippen MR) is 76.2 cm³/mol. The number of rotatable bonds is 6. The molecule has 0 heterocycles. The molecule has 19 heavy (non-hydrogen) atoms. The molecule has 1 atom stereocenters.